The molecule has 7 nitrogen and oxygen atoms in total. The molecule has 2 aromatic rings. The van der Waals surface area contributed by atoms with E-state index in [4.69, 9.17) is 5.11 Å². The third-order valence-electron chi connectivity index (χ3n) is 3.82. The van der Waals surface area contributed by atoms with Gasteiger partial charge in [0.2, 0.25) is 0 Å². The number of likely N-dealkylation sites (tertiary alicyclic amines) is 1. The van der Waals surface area contributed by atoms with Crippen molar-refractivity contribution in [2.75, 3.05) is 6.54 Å². The van der Waals surface area contributed by atoms with E-state index in [0.717, 1.165) is 6.42 Å². The Balaban J connectivity index is 1.78. The number of halogens is 1. The van der Waals surface area contributed by atoms with Gasteiger partial charge < -0.3 is 10.0 Å². The summed E-state index contributed by atoms with van der Waals surface area (Å²) in [4.78, 5) is 26.2. The van der Waals surface area contributed by atoms with Gasteiger partial charge in [-0.15, -0.1) is 5.10 Å². The van der Waals surface area contributed by atoms with Gasteiger partial charge in [0.25, 0.3) is 5.91 Å². The SMILES string of the molecule is O=C(O)CC1CCCN1C(=O)c1cnn(-c2ccc(F)cc2)n1. The number of rotatable bonds is 4. The van der Waals surface area contributed by atoms with Crippen molar-refractivity contribution in [2.24, 2.45) is 0 Å². The number of amides is 1. The third-order valence-corrected chi connectivity index (χ3v) is 3.82. The number of hydrogen-bond donors (Lipinski definition) is 1. The molecular weight excluding hydrogens is 303 g/mol. The molecule has 1 unspecified atom stereocenters. The molecule has 1 N–H and O–H groups in total. The Morgan fingerprint density at radius 2 is 2.04 bits per heavy atom. The number of hydrogen-bond acceptors (Lipinski definition) is 4. The molecular formula is C15H15FN4O3. The lowest BCUT2D eigenvalue weighted by Crippen LogP contribution is -2.37. The van der Waals surface area contributed by atoms with Gasteiger partial charge >= 0.3 is 5.97 Å². The molecule has 8 heteroatoms. The molecule has 0 saturated carbocycles. The van der Waals surface area contributed by atoms with E-state index in [-0.39, 0.29) is 29.9 Å². The van der Waals surface area contributed by atoms with Gasteiger partial charge in [-0.05, 0) is 37.1 Å². The van der Waals surface area contributed by atoms with E-state index < -0.39 is 5.97 Å². The second-order valence-corrected chi connectivity index (χ2v) is 5.39. The second kappa shape index (κ2) is 6.15. The minimum absolute atomic E-state index is 0.0716. The lowest BCUT2D eigenvalue weighted by atomic mass is 10.1. The molecule has 120 valence electrons. The molecule has 1 aromatic heterocycles. The highest BCUT2D eigenvalue weighted by atomic mass is 19.1. The molecule has 1 fully saturated rings. The minimum Gasteiger partial charge on any atom is -0.481 e. The Labute approximate surface area is 131 Å². The van der Waals surface area contributed by atoms with Gasteiger partial charge in [0.05, 0.1) is 18.3 Å². The second-order valence-electron chi connectivity index (χ2n) is 5.39. The first-order chi connectivity index (χ1) is 11.0. The van der Waals surface area contributed by atoms with Crippen molar-refractivity contribution >= 4 is 11.9 Å². The zero-order valence-electron chi connectivity index (χ0n) is 12.2. The van der Waals surface area contributed by atoms with E-state index in [1.54, 1.807) is 0 Å². The smallest absolute Gasteiger partial charge is 0.305 e. The van der Waals surface area contributed by atoms with E-state index in [0.29, 0.717) is 18.7 Å². The fourth-order valence-corrected chi connectivity index (χ4v) is 2.72. The normalized spacial score (nSPS) is 17.4. The van der Waals surface area contributed by atoms with Crippen molar-refractivity contribution in [1.29, 1.82) is 0 Å². The number of carbonyl (C=O) groups is 2. The number of carboxylic acids is 1. The molecule has 1 aromatic carbocycles. The molecule has 0 spiro atoms. The van der Waals surface area contributed by atoms with Crippen LogP contribution < -0.4 is 0 Å². The van der Waals surface area contributed by atoms with Crippen molar-refractivity contribution in [3.8, 4) is 5.69 Å². The van der Waals surface area contributed by atoms with E-state index in [1.165, 1.54) is 40.2 Å². The Bertz CT molecular complexity index is 729. The maximum atomic E-state index is 12.9. The molecule has 1 aliphatic rings. The minimum atomic E-state index is -0.926. The summed E-state index contributed by atoms with van der Waals surface area (Å²) in [6.45, 7) is 0.514. The molecule has 23 heavy (non-hydrogen) atoms. The van der Waals surface area contributed by atoms with Crippen LogP contribution in [0.3, 0.4) is 0 Å². The summed E-state index contributed by atoms with van der Waals surface area (Å²) in [6.07, 6.45) is 2.71. The number of aliphatic carboxylic acids is 1. The first-order valence-electron chi connectivity index (χ1n) is 7.25. The number of benzene rings is 1. The molecule has 1 amide bonds. The summed E-state index contributed by atoms with van der Waals surface area (Å²) in [5, 5.41) is 17.0. The average Bonchev–Trinajstić information content (AvgIpc) is 3.16. The average molecular weight is 318 g/mol. The molecule has 0 radical (unpaired) electrons. The third kappa shape index (κ3) is 3.20. The standard InChI is InChI=1S/C15H15FN4O3/c16-10-3-5-11(6-4-10)20-17-9-13(18-20)15(23)19-7-1-2-12(19)8-14(21)22/h3-6,9,12H,1-2,7-8H2,(H,21,22). The van der Waals surface area contributed by atoms with Crippen LogP contribution in [-0.2, 0) is 4.79 Å². The summed E-state index contributed by atoms with van der Waals surface area (Å²) in [5.41, 5.74) is 0.681. The summed E-state index contributed by atoms with van der Waals surface area (Å²) < 4.78 is 12.9. The lowest BCUT2D eigenvalue weighted by molar-refractivity contribution is -0.137. The van der Waals surface area contributed by atoms with E-state index in [2.05, 4.69) is 10.2 Å². The first kappa shape index (κ1) is 15.1. The van der Waals surface area contributed by atoms with Crippen LogP contribution in [0.1, 0.15) is 29.8 Å². The Morgan fingerprint density at radius 3 is 2.74 bits per heavy atom. The van der Waals surface area contributed by atoms with Crippen LogP contribution in [0.25, 0.3) is 5.69 Å². The molecule has 0 aliphatic carbocycles. The maximum Gasteiger partial charge on any atom is 0.305 e. The van der Waals surface area contributed by atoms with Gasteiger partial charge in [0, 0.05) is 12.6 Å². The maximum absolute atomic E-state index is 12.9. The van der Waals surface area contributed by atoms with E-state index in [1.807, 2.05) is 0 Å². The summed E-state index contributed by atoms with van der Waals surface area (Å²) in [6, 6.07) is 5.27. The Kier molecular flexibility index (Phi) is 4.05. The molecule has 1 aliphatic heterocycles. The Hall–Kier alpha value is -2.77. The number of carbonyl (C=O) groups excluding carboxylic acids is 1. The highest BCUT2D eigenvalue weighted by Gasteiger charge is 2.32. The van der Waals surface area contributed by atoms with Crippen molar-refractivity contribution < 1.29 is 19.1 Å². The number of nitrogens with zero attached hydrogens (tertiary/aromatic N) is 4. The predicted octanol–water partition coefficient (Wildman–Crippen LogP) is 1.49. The van der Waals surface area contributed by atoms with Crippen molar-refractivity contribution in [1.82, 2.24) is 19.9 Å². The molecule has 3 rings (SSSR count). The molecule has 1 saturated heterocycles. The topological polar surface area (TPSA) is 88.3 Å². The van der Waals surface area contributed by atoms with Gasteiger partial charge in [0.1, 0.15) is 5.82 Å². The van der Waals surface area contributed by atoms with E-state index in [9.17, 15) is 14.0 Å². The largest absolute Gasteiger partial charge is 0.481 e. The Morgan fingerprint density at radius 1 is 1.30 bits per heavy atom. The highest BCUT2D eigenvalue weighted by molar-refractivity contribution is 5.92. The van der Waals surface area contributed by atoms with Crippen molar-refractivity contribution in [3.63, 3.8) is 0 Å². The van der Waals surface area contributed by atoms with E-state index >= 15 is 0 Å². The van der Waals surface area contributed by atoms with Crippen LogP contribution in [0.4, 0.5) is 4.39 Å². The van der Waals surface area contributed by atoms with Crippen LogP contribution in [-0.4, -0.2) is 49.5 Å². The van der Waals surface area contributed by atoms with Crippen LogP contribution >= 0.6 is 0 Å². The van der Waals surface area contributed by atoms with Gasteiger partial charge in [-0.2, -0.15) is 9.90 Å². The van der Waals surface area contributed by atoms with Gasteiger partial charge in [-0.1, -0.05) is 0 Å². The summed E-state index contributed by atoms with van der Waals surface area (Å²) in [5.74, 6) is -1.63. The monoisotopic (exact) mass is 318 g/mol. The molecule has 0 bridgehead atoms. The highest BCUT2D eigenvalue weighted by Crippen LogP contribution is 2.22. The summed E-state index contributed by atoms with van der Waals surface area (Å²) in [7, 11) is 0. The van der Waals surface area contributed by atoms with Crippen LogP contribution in [0, 0.1) is 5.82 Å². The lowest BCUT2D eigenvalue weighted by Gasteiger charge is -2.22. The van der Waals surface area contributed by atoms with Gasteiger partial charge in [0.15, 0.2) is 5.69 Å². The zero-order valence-corrected chi connectivity index (χ0v) is 12.2. The molecule has 2 heterocycles. The van der Waals surface area contributed by atoms with Crippen LogP contribution in [0.15, 0.2) is 30.5 Å². The quantitative estimate of drug-likeness (QED) is 0.922. The fraction of sp³-hybridized carbons (Fsp3) is 0.333. The first-order valence-corrected chi connectivity index (χ1v) is 7.25. The van der Waals surface area contributed by atoms with Crippen molar-refractivity contribution in [2.45, 2.75) is 25.3 Å². The van der Waals surface area contributed by atoms with Crippen LogP contribution in [0.2, 0.25) is 0 Å². The van der Waals surface area contributed by atoms with Crippen molar-refractivity contribution in [3.05, 3.63) is 42.0 Å². The number of carboxylic acid groups (broad SMARTS) is 1. The molecule has 1 atom stereocenters. The summed E-state index contributed by atoms with van der Waals surface area (Å²) >= 11 is 0. The number of aromatic nitrogens is 3. The fourth-order valence-electron chi connectivity index (χ4n) is 2.72. The van der Waals surface area contributed by atoms with Gasteiger partial charge in [-0.25, -0.2) is 4.39 Å². The predicted molar refractivity (Wildman–Crippen MR) is 77.6 cm³/mol. The van der Waals surface area contributed by atoms with Gasteiger partial charge in [-0.3, -0.25) is 9.59 Å². The zero-order chi connectivity index (χ0) is 16.4. The van der Waals surface area contributed by atoms with Crippen LogP contribution in [0.5, 0.6) is 0 Å².